The molecule has 1 aromatic carbocycles. The van der Waals surface area contributed by atoms with E-state index < -0.39 is 6.36 Å². The van der Waals surface area contributed by atoms with Crippen LogP contribution in [-0.4, -0.2) is 16.5 Å². The van der Waals surface area contributed by atoms with E-state index in [1.165, 1.54) is 24.3 Å². The molecule has 0 amide bonds. The third-order valence-corrected chi connectivity index (χ3v) is 0.977. The number of para-hydroxylation sites is 1. The van der Waals surface area contributed by atoms with Crippen LogP contribution in [0.1, 0.15) is 2.85 Å². The Labute approximate surface area is 74.3 Å². The van der Waals surface area contributed by atoms with Crippen LogP contribution in [0, 0.1) is 0 Å². The van der Waals surface area contributed by atoms with Gasteiger partial charge in [-0.15, -0.1) is 13.2 Å². The van der Waals surface area contributed by atoms with Crippen molar-refractivity contribution in [3.8, 4) is 5.75 Å². The van der Waals surface area contributed by atoms with Crippen LogP contribution in [0.4, 0.5) is 13.2 Å². The Bertz CT molecular complexity index is 230. The second-order valence-electron chi connectivity index (χ2n) is 1.86. The zero-order valence-corrected chi connectivity index (χ0v) is 6.14. The Kier molecular flexibility index (Phi) is 3.77. The second-order valence-corrected chi connectivity index (χ2v) is 1.86. The standard InChI is InChI=1S/C7H5F3O.Be.2H/c8-7(9,10)11-6-4-2-1-3-5-6;;;/h1-5H;;;/q;+2;2*-1. The molecular weight excluding hydrogens is 166 g/mol. The third-order valence-electron chi connectivity index (χ3n) is 0.977. The number of ether oxygens (including phenoxy) is 1. The van der Waals surface area contributed by atoms with Gasteiger partial charge in [0.15, 0.2) is 0 Å². The molecule has 0 atom stereocenters. The third kappa shape index (κ3) is 3.98. The Morgan fingerprint density at radius 3 is 2.00 bits per heavy atom. The predicted octanol–water partition coefficient (Wildman–Crippen LogP) is 2.43. The molecular formula is C7H7BeF3O. The molecule has 0 unspecified atom stereocenters. The van der Waals surface area contributed by atoms with Crippen LogP contribution in [-0.2, 0) is 0 Å². The number of halogens is 3. The van der Waals surface area contributed by atoms with E-state index in [1.54, 1.807) is 6.07 Å². The summed E-state index contributed by atoms with van der Waals surface area (Å²) in [6.45, 7) is 0. The van der Waals surface area contributed by atoms with Crippen LogP contribution in [0.2, 0.25) is 0 Å². The average molecular weight is 173 g/mol. The maximum atomic E-state index is 11.5. The fraction of sp³-hybridized carbons (Fsp3) is 0.143. The van der Waals surface area contributed by atoms with Crippen molar-refractivity contribution in [3.63, 3.8) is 0 Å². The summed E-state index contributed by atoms with van der Waals surface area (Å²) >= 11 is 0. The minimum absolute atomic E-state index is 0. The zero-order chi connectivity index (χ0) is 8.32. The summed E-state index contributed by atoms with van der Waals surface area (Å²) in [7, 11) is 0. The molecule has 0 bridgehead atoms. The van der Waals surface area contributed by atoms with E-state index in [9.17, 15) is 13.2 Å². The molecule has 0 aliphatic carbocycles. The number of benzene rings is 1. The van der Waals surface area contributed by atoms with Gasteiger partial charge in [0.25, 0.3) is 0 Å². The average Bonchev–Trinajstić information content (AvgIpc) is 1.85. The first-order valence-electron chi connectivity index (χ1n) is 2.89. The molecule has 12 heavy (non-hydrogen) atoms. The molecule has 1 aromatic rings. The van der Waals surface area contributed by atoms with Crippen LogP contribution in [0.5, 0.6) is 5.75 Å². The van der Waals surface area contributed by atoms with Gasteiger partial charge in [0.05, 0.1) is 0 Å². The van der Waals surface area contributed by atoms with E-state index in [1.807, 2.05) is 0 Å². The smallest absolute Gasteiger partial charge is 1.00 e. The van der Waals surface area contributed by atoms with Gasteiger partial charge in [-0.25, -0.2) is 0 Å². The normalized spacial score (nSPS) is 10.2. The van der Waals surface area contributed by atoms with E-state index in [0.717, 1.165) is 0 Å². The summed E-state index contributed by atoms with van der Waals surface area (Å²) < 4.78 is 38.2. The van der Waals surface area contributed by atoms with Crippen molar-refractivity contribution in [2.45, 2.75) is 6.36 Å². The van der Waals surface area contributed by atoms with Gasteiger partial charge in [-0.1, -0.05) is 18.2 Å². The SMILES string of the molecule is FC(F)(F)Oc1ccccc1.[Be+2].[H-].[H-]. The van der Waals surface area contributed by atoms with E-state index in [0.29, 0.717) is 0 Å². The molecule has 64 valence electrons. The van der Waals surface area contributed by atoms with E-state index in [-0.39, 0.29) is 18.7 Å². The van der Waals surface area contributed by atoms with Crippen LogP contribution < -0.4 is 4.74 Å². The van der Waals surface area contributed by atoms with Crippen molar-refractivity contribution in [1.82, 2.24) is 0 Å². The van der Waals surface area contributed by atoms with Gasteiger partial charge in [0.2, 0.25) is 0 Å². The molecule has 1 nitrogen and oxygen atoms in total. The van der Waals surface area contributed by atoms with E-state index >= 15 is 0 Å². The molecule has 1 rings (SSSR count). The molecule has 5 heteroatoms. The summed E-state index contributed by atoms with van der Waals surface area (Å²) in [5, 5.41) is 0. The fourth-order valence-electron chi connectivity index (χ4n) is 0.622. The van der Waals surface area contributed by atoms with Crippen molar-refractivity contribution in [3.05, 3.63) is 30.3 Å². The van der Waals surface area contributed by atoms with Crippen molar-refractivity contribution in [1.29, 1.82) is 0 Å². The summed E-state index contributed by atoms with van der Waals surface area (Å²) in [4.78, 5) is 0. The number of hydrogen-bond acceptors (Lipinski definition) is 1. The molecule has 0 aliphatic rings. The zero-order valence-electron chi connectivity index (χ0n) is 8.14. The topological polar surface area (TPSA) is 9.23 Å². The maximum Gasteiger partial charge on any atom is 2.00 e. The first kappa shape index (κ1) is 11.0. The van der Waals surface area contributed by atoms with E-state index in [2.05, 4.69) is 4.74 Å². The molecule has 0 heterocycles. The van der Waals surface area contributed by atoms with Crippen LogP contribution >= 0.6 is 0 Å². The van der Waals surface area contributed by atoms with Gasteiger partial charge in [0.1, 0.15) is 5.75 Å². The van der Waals surface area contributed by atoms with Gasteiger partial charge < -0.3 is 7.59 Å². The monoisotopic (exact) mass is 173 g/mol. The Morgan fingerprint density at radius 2 is 1.58 bits per heavy atom. The van der Waals surface area contributed by atoms with Crippen molar-refractivity contribution in [2.75, 3.05) is 0 Å². The number of hydrogen-bond donors (Lipinski definition) is 0. The molecule has 0 saturated carbocycles. The summed E-state index contributed by atoms with van der Waals surface area (Å²) in [5.41, 5.74) is 0. The predicted molar refractivity (Wildman–Crippen MR) is 41.1 cm³/mol. The Balaban J connectivity index is -0.000000403. The van der Waals surface area contributed by atoms with Gasteiger partial charge in [-0.3, -0.25) is 0 Å². The fourth-order valence-corrected chi connectivity index (χ4v) is 0.622. The quantitative estimate of drug-likeness (QED) is 0.592. The van der Waals surface area contributed by atoms with Crippen molar-refractivity contribution < 1.29 is 20.8 Å². The Hall–Kier alpha value is -1.02. The summed E-state index contributed by atoms with van der Waals surface area (Å²) in [6.07, 6.45) is -4.60. The summed E-state index contributed by atoms with van der Waals surface area (Å²) in [6, 6.07) is 7.05. The molecule has 0 aliphatic heterocycles. The molecule has 0 N–H and O–H groups in total. The first-order chi connectivity index (χ1) is 5.08. The van der Waals surface area contributed by atoms with E-state index in [4.69, 9.17) is 0 Å². The van der Waals surface area contributed by atoms with Crippen molar-refractivity contribution in [2.24, 2.45) is 0 Å². The molecule has 0 radical (unpaired) electrons. The molecule has 0 fully saturated rings. The minimum atomic E-state index is -4.60. The molecule has 0 aromatic heterocycles. The van der Waals surface area contributed by atoms with Gasteiger partial charge in [0, 0.05) is 0 Å². The van der Waals surface area contributed by atoms with Crippen LogP contribution in [0.3, 0.4) is 0 Å². The maximum absolute atomic E-state index is 11.5. The number of rotatable bonds is 1. The summed E-state index contributed by atoms with van der Waals surface area (Å²) in [5.74, 6) is -0.194. The second kappa shape index (κ2) is 4.12. The molecule has 0 saturated heterocycles. The van der Waals surface area contributed by atoms with Crippen LogP contribution in [0.25, 0.3) is 0 Å². The van der Waals surface area contributed by atoms with Gasteiger partial charge in [-0.2, -0.15) is 0 Å². The largest absolute Gasteiger partial charge is 2.00 e. The first-order valence-corrected chi connectivity index (χ1v) is 2.89. The van der Waals surface area contributed by atoms with Crippen molar-refractivity contribution >= 4 is 10.1 Å². The minimum Gasteiger partial charge on any atom is -1.00 e. The van der Waals surface area contributed by atoms with Gasteiger partial charge >= 0.3 is 16.5 Å². The van der Waals surface area contributed by atoms with Crippen LogP contribution in [0.15, 0.2) is 30.3 Å². The number of alkyl halides is 3. The van der Waals surface area contributed by atoms with Gasteiger partial charge in [-0.05, 0) is 12.1 Å². The molecule has 0 spiro atoms. The Morgan fingerprint density at radius 1 is 1.08 bits per heavy atom.